The smallest absolute Gasteiger partial charge is 0.377 e. The van der Waals surface area contributed by atoms with Crippen LogP contribution in [0.25, 0.3) is 0 Å². The zero-order valence-corrected chi connectivity index (χ0v) is 23.9. The Hall–Kier alpha value is -0.123. The van der Waals surface area contributed by atoms with Gasteiger partial charge in [-0.3, -0.25) is 4.79 Å². The molecule has 3 atom stereocenters. The number of hydrogen-bond donors (Lipinski definition) is 2. The Kier molecular flexibility index (Phi) is 12.7. The van der Waals surface area contributed by atoms with Crippen LogP contribution in [0.3, 0.4) is 0 Å². The number of nitrogens with one attached hydrogen (secondary N) is 2. The van der Waals surface area contributed by atoms with E-state index in [-0.39, 0.29) is 12.2 Å². The second-order valence-corrected chi connectivity index (χ2v) is 14.8. The van der Waals surface area contributed by atoms with E-state index in [9.17, 15) is 4.79 Å². The molecule has 3 unspecified atom stereocenters. The molecule has 6 nitrogen and oxygen atoms in total. The summed E-state index contributed by atoms with van der Waals surface area (Å²) in [6.45, 7) is 7.94. The third-order valence-electron chi connectivity index (χ3n) is 8.08. The number of fused-ring (bicyclic) bond motifs is 3. The highest BCUT2D eigenvalue weighted by Crippen LogP contribution is 2.30. The molecule has 0 aromatic heterocycles. The van der Waals surface area contributed by atoms with Crippen LogP contribution in [0.2, 0.25) is 6.04 Å². The Bertz CT molecular complexity index is 581. The van der Waals surface area contributed by atoms with E-state index in [0.29, 0.717) is 11.9 Å². The lowest BCUT2D eigenvalue weighted by molar-refractivity contribution is -0.917. The zero-order valence-electron chi connectivity index (χ0n) is 22.1. The van der Waals surface area contributed by atoms with Gasteiger partial charge in [0, 0.05) is 32.4 Å². The second kappa shape index (κ2) is 15.2. The fourth-order valence-corrected chi connectivity index (χ4v) is 9.76. The molecule has 0 spiro atoms. The van der Waals surface area contributed by atoms with Gasteiger partial charge in [0.1, 0.15) is 0 Å². The van der Waals surface area contributed by atoms with Crippen molar-refractivity contribution >= 4 is 26.5 Å². The molecule has 0 saturated carbocycles. The minimum Gasteiger partial charge on any atom is -0.377 e. The van der Waals surface area contributed by atoms with Gasteiger partial charge in [0.2, 0.25) is 5.91 Å². The number of piperidine rings is 3. The first-order valence-electron chi connectivity index (χ1n) is 14.1. The van der Waals surface area contributed by atoms with Crippen molar-refractivity contribution in [1.29, 1.82) is 0 Å². The Labute approximate surface area is 214 Å². The number of carbonyl (C=O) groups is 1. The average molecular weight is 516 g/mol. The van der Waals surface area contributed by atoms with E-state index in [0.717, 1.165) is 37.8 Å². The maximum absolute atomic E-state index is 12.3. The lowest BCUT2D eigenvalue weighted by Gasteiger charge is -2.42. The number of unbranched alkanes of at least 4 members (excludes halogenated alkanes) is 7. The van der Waals surface area contributed by atoms with Crippen LogP contribution in [0.1, 0.15) is 90.9 Å². The van der Waals surface area contributed by atoms with Crippen LogP contribution in [-0.2, 0) is 18.1 Å². The van der Waals surface area contributed by atoms with Crippen molar-refractivity contribution in [2.45, 2.75) is 115 Å². The summed E-state index contributed by atoms with van der Waals surface area (Å²) in [5.41, 5.74) is 0. The van der Waals surface area contributed by atoms with Gasteiger partial charge >= 0.3 is 8.80 Å². The van der Waals surface area contributed by atoms with E-state index in [1.807, 2.05) is 0 Å². The van der Waals surface area contributed by atoms with Crippen LogP contribution in [0.5, 0.6) is 0 Å². The summed E-state index contributed by atoms with van der Waals surface area (Å²) in [5, 5.41) is 3.34. The summed E-state index contributed by atoms with van der Waals surface area (Å²) >= 11 is 2.06. The van der Waals surface area contributed by atoms with Gasteiger partial charge in [0.15, 0.2) is 0 Å². The van der Waals surface area contributed by atoms with Crippen molar-refractivity contribution in [2.75, 3.05) is 38.2 Å². The lowest BCUT2D eigenvalue weighted by Crippen LogP contribution is -3.17. The van der Waals surface area contributed by atoms with E-state index < -0.39 is 8.80 Å². The van der Waals surface area contributed by atoms with Gasteiger partial charge in [0.05, 0.1) is 37.9 Å². The third-order valence-corrected chi connectivity index (χ3v) is 12.3. The maximum Gasteiger partial charge on any atom is 0.501 e. The largest absolute Gasteiger partial charge is 0.501 e. The SMILES string of the molecule is CO[Si]1(CCCSCCCCCCCCCCC(=O)NC2C[NH+]3CCC2CC3)OC(C)C(C)O1. The van der Waals surface area contributed by atoms with E-state index in [1.165, 1.54) is 82.4 Å². The first kappa shape index (κ1) is 28.4. The number of hydrogen-bond acceptors (Lipinski definition) is 5. The summed E-state index contributed by atoms with van der Waals surface area (Å²) in [4.78, 5) is 14.0. The molecule has 0 aliphatic carbocycles. The molecule has 2 N–H and O–H groups in total. The molecule has 0 aromatic carbocycles. The van der Waals surface area contributed by atoms with E-state index in [2.05, 4.69) is 30.9 Å². The van der Waals surface area contributed by atoms with Gasteiger partial charge in [-0.1, -0.05) is 38.5 Å². The number of quaternary nitrogens is 1. The molecule has 2 bridgehead atoms. The van der Waals surface area contributed by atoms with Gasteiger partial charge in [-0.25, -0.2) is 0 Å². The molecule has 1 amide bonds. The van der Waals surface area contributed by atoms with Gasteiger partial charge in [-0.05, 0) is 50.5 Å². The minimum atomic E-state index is -2.39. The van der Waals surface area contributed by atoms with Crippen molar-refractivity contribution in [1.82, 2.24) is 5.32 Å². The Morgan fingerprint density at radius 1 is 0.941 bits per heavy atom. The topological polar surface area (TPSA) is 61.2 Å². The highest BCUT2D eigenvalue weighted by Gasteiger charge is 2.49. The quantitative estimate of drug-likeness (QED) is 0.228. The van der Waals surface area contributed by atoms with Gasteiger partial charge in [-0.15, -0.1) is 0 Å². The van der Waals surface area contributed by atoms with Crippen LogP contribution >= 0.6 is 11.8 Å². The van der Waals surface area contributed by atoms with Gasteiger partial charge in [0.25, 0.3) is 0 Å². The number of thioether (sulfide) groups is 1. The lowest BCUT2D eigenvalue weighted by atomic mass is 9.84. The van der Waals surface area contributed by atoms with Crippen molar-refractivity contribution in [2.24, 2.45) is 5.92 Å². The molecule has 4 fully saturated rings. The molecule has 8 heteroatoms. The predicted molar refractivity (Wildman–Crippen MR) is 142 cm³/mol. The second-order valence-electron chi connectivity index (χ2n) is 10.8. The minimum absolute atomic E-state index is 0.152. The van der Waals surface area contributed by atoms with E-state index in [4.69, 9.17) is 13.3 Å². The molecule has 4 saturated heterocycles. The van der Waals surface area contributed by atoms with Crippen LogP contribution in [0.4, 0.5) is 0 Å². The van der Waals surface area contributed by atoms with Crippen molar-refractivity contribution < 1.29 is 23.0 Å². The van der Waals surface area contributed by atoms with Gasteiger partial charge < -0.3 is 23.5 Å². The van der Waals surface area contributed by atoms with Crippen LogP contribution in [0, 0.1) is 5.92 Å². The highest BCUT2D eigenvalue weighted by atomic mass is 32.2. The molecule has 4 heterocycles. The number of amides is 1. The number of carbonyl (C=O) groups excluding carboxylic acids is 1. The van der Waals surface area contributed by atoms with E-state index in [1.54, 1.807) is 12.0 Å². The number of rotatable bonds is 17. The highest BCUT2D eigenvalue weighted by molar-refractivity contribution is 7.99. The zero-order chi connectivity index (χ0) is 24.2. The summed E-state index contributed by atoms with van der Waals surface area (Å²) in [7, 11) is -0.652. The summed E-state index contributed by atoms with van der Waals surface area (Å²) in [6.07, 6.45) is 14.9. The molecular weight excluding hydrogens is 464 g/mol. The molecule has 34 heavy (non-hydrogen) atoms. The van der Waals surface area contributed by atoms with E-state index >= 15 is 0 Å². The monoisotopic (exact) mass is 515 g/mol. The normalized spacial score (nSPS) is 32.9. The Morgan fingerprint density at radius 2 is 1.53 bits per heavy atom. The standard InChI is InChI=1S/C26H50N2O4SSi/c1-22-23(2)32-34(30-3,31-22)20-12-19-33-18-11-9-7-5-4-6-8-10-13-26(29)27-25-21-28-16-14-24(25)15-17-28/h22-25H,4-21H2,1-3H3,(H,27,29)/p+1. The summed E-state index contributed by atoms with van der Waals surface area (Å²) < 4.78 is 17.7. The molecule has 4 aliphatic heterocycles. The molecule has 0 radical (unpaired) electrons. The summed E-state index contributed by atoms with van der Waals surface area (Å²) in [6, 6.07) is 1.39. The first-order chi connectivity index (χ1) is 16.5. The molecule has 4 aliphatic rings. The van der Waals surface area contributed by atoms with Gasteiger partial charge in [-0.2, -0.15) is 11.8 Å². The van der Waals surface area contributed by atoms with Crippen molar-refractivity contribution in [3.63, 3.8) is 0 Å². The van der Waals surface area contributed by atoms with Crippen LogP contribution in [-0.4, -0.2) is 71.2 Å². The molecule has 0 aromatic rings. The fourth-order valence-electron chi connectivity index (χ4n) is 5.73. The maximum atomic E-state index is 12.3. The van der Waals surface area contributed by atoms with Crippen molar-refractivity contribution in [3.05, 3.63) is 0 Å². The van der Waals surface area contributed by atoms with Crippen LogP contribution in [0.15, 0.2) is 0 Å². The third kappa shape index (κ3) is 9.39. The Morgan fingerprint density at radius 3 is 2.12 bits per heavy atom. The molecule has 198 valence electrons. The first-order valence-corrected chi connectivity index (χ1v) is 17.2. The fraction of sp³-hybridized carbons (Fsp3) is 0.962. The Balaban J connectivity index is 1.06. The average Bonchev–Trinajstić information content (AvgIpc) is 3.13. The predicted octanol–water partition coefficient (Wildman–Crippen LogP) is 3.82. The van der Waals surface area contributed by atoms with Crippen molar-refractivity contribution in [3.8, 4) is 0 Å². The van der Waals surface area contributed by atoms with Crippen LogP contribution < -0.4 is 10.2 Å². The molecule has 4 rings (SSSR count). The molecular formula is C26H51N2O4SSi+. The summed E-state index contributed by atoms with van der Waals surface area (Å²) in [5.74, 6) is 3.47.